The highest BCUT2D eigenvalue weighted by atomic mass is 19.1. The van der Waals surface area contributed by atoms with E-state index in [-0.39, 0.29) is 11.2 Å². The second-order valence-electron chi connectivity index (χ2n) is 7.26. The van der Waals surface area contributed by atoms with Gasteiger partial charge in [-0.3, -0.25) is 4.99 Å². The lowest BCUT2D eigenvalue weighted by molar-refractivity contribution is 0.0513. The number of hydrogen-bond donors (Lipinski definition) is 2. The molecule has 0 aliphatic carbocycles. The Morgan fingerprint density at radius 1 is 1.14 bits per heavy atom. The summed E-state index contributed by atoms with van der Waals surface area (Å²) in [5.41, 5.74) is 2.12. The number of hydrogen-bond acceptors (Lipinski definition) is 3. The molecule has 0 spiro atoms. The topological polar surface area (TPSA) is 54.9 Å². The van der Waals surface area contributed by atoms with Gasteiger partial charge in [-0.15, -0.1) is 0 Å². The van der Waals surface area contributed by atoms with Crippen molar-refractivity contribution in [2.45, 2.75) is 31.7 Å². The third-order valence-electron chi connectivity index (χ3n) is 5.39. The van der Waals surface area contributed by atoms with Gasteiger partial charge in [0.1, 0.15) is 11.6 Å². The molecule has 156 valence electrons. The van der Waals surface area contributed by atoms with Gasteiger partial charge in [-0.1, -0.05) is 24.3 Å². The smallest absolute Gasteiger partial charge is 0.191 e. The van der Waals surface area contributed by atoms with E-state index >= 15 is 0 Å². The summed E-state index contributed by atoms with van der Waals surface area (Å²) < 4.78 is 24.6. The summed E-state index contributed by atoms with van der Waals surface area (Å²) in [5, 5.41) is 6.73. The van der Waals surface area contributed by atoms with Crippen molar-refractivity contribution in [3.8, 4) is 5.75 Å². The summed E-state index contributed by atoms with van der Waals surface area (Å²) in [6, 6.07) is 15.0. The van der Waals surface area contributed by atoms with Crippen molar-refractivity contribution < 1.29 is 13.9 Å². The molecule has 1 saturated heterocycles. The van der Waals surface area contributed by atoms with Crippen LogP contribution >= 0.6 is 0 Å². The maximum absolute atomic E-state index is 13.4. The number of aliphatic imine (C=N–C) groups is 1. The fourth-order valence-corrected chi connectivity index (χ4v) is 3.71. The number of nitrogens with one attached hydrogen (secondary N) is 2. The van der Waals surface area contributed by atoms with Gasteiger partial charge in [-0.05, 0) is 55.2 Å². The van der Waals surface area contributed by atoms with Gasteiger partial charge in [-0.25, -0.2) is 4.39 Å². The lowest BCUT2D eigenvalue weighted by Gasteiger charge is -2.38. The lowest BCUT2D eigenvalue weighted by atomic mass is 9.74. The summed E-state index contributed by atoms with van der Waals surface area (Å²) in [6.07, 6.45) is 1.88. The van der Waals surface area contributed by atoms with E-state index in [4.69, 9.17) is 9.47 Å². The highest BCUT2D eigenvalue weighted by Gasteiger charge is 2.34. The Morgan fingerprint density at radius 3 is 2.55 bits per heavy atom. The summed E-state index contributed by atoms with van der Waals surface area (Å²) in [4.78, 5) is 4.32. The minimum Gasteiger partial charge on any atom is -0.494 e. The van der Waals surface area contributed by atoms with E-state index in [1.807, 2.05) is 25.1 Å². The van der Waals surface area contributed by atoms with Crippen LogP contribution in [0.25, 0.3) is 0 Å². The number of nitrogens with zero attached hydrogens (tertiary/aromatic N) is 1. The molecule has 6 heteroatoms. The fraction of sp³-hybridized carbons (Fsp3) is 0.435. The third-order valence-corrected chi connectivity index (χ3v) is 5.39. The van der Waals surface area contributed by atoms with Crippen LogP contribution in [0.4, 0.5) is 4.39 Å². The van der Waals surface area contributed by atoms with Crippen LogP contribution in [0.1, 0.15) is 30.9 Å². The van der Waals surface area contributed by atoms with E-state index in [1.165, 1.54) is 17.7 Å². The molecule has 2 aromatic rings. The number of ether oxygens (including phenoxy) is 2. The zero-order valence-corrected chi connectivity index (χ0v) is 17.2. The molecule has 5 nitrogen and oxygen atoms in total. The van der Waals surface area contributed by atoms with E-state index in [9.17, 15) is 4.39 Å². The number of halogens is 1. The van der Waals surface area contributed by atoms with Gasteiger partial charge < -0.3 is 20.1 Å². The van der Waals surface area contributed by atoms with Crippen molar-refractivity contribution in [1.29, 1.82) is 0 Å². The second kappa shape index (κ2) is 10.3. The first-order valence-electron chi connectivity index (χ1n) is 10.2. The van der Waals surface area contributed by atoms with Crippen LogP contribution < -0.4 is 15.4 Å². The molecule has 1 fully saturated rings. The molecule has 2 aromatic carbocycles. The van der Waals surface area contributed by atoms with E-state index in [1.54, 1.807) is 13.1 Å². The lowest BCUT2D eigenvalue weighted by Crippen LogP contribution is -2.47. The van der Waals surface area contributed by atoms with E-state index in [0.717, 1.165) is 43.9 Å². The van der Waals surface area contributed by atoms with Gasteiger partial charge in [0.2, 0.25) is 0 Å². The third kappa shape index (κ3) is 5.70. The van der Waals surface area contributed by atoms with Gasteiger partial charge in [0.15, 0.2) is 5.96 Å². The number of rotatable bonds is 7. The Hall–Kier alpha value is -2.60. The Kier molecular flexibility index (Phi) is 7.47. The maximum Gasteiger partial charge on any atom is 0.191 e. The molecule has 0 aromatic heterocycles. The predicted molar refractivity (Wildman–Crippen MR) is 114 cm³/mol. The molecule has 0 amide bonds. The molecule has 0 saturated carbocycles. The highest BCUT2D eigenvalue weighted by Crippen LogP contribution is 2.35. The summed E-state index contributed by atoms with van der Waals surface area (Å²) >= 11 is 0. The minimum absolute atomic E-state index is 0.0283. The van der Waals surface area contributed by atoms with Crippen molar-refractivity contribution in [1.82, 2.24) is 10.6 Å². The van der Waals surface area contributed by atoms with Gasteiger partial charge in [0.25, 0.3) is 0 Å². The van der Waals surface area contributed by atoms with E-state index < -0.39 is 0 Å². The van der Waals surface area contributed by atoms with Crippen LogP contribution in [0, 0.1) is 5.82 Å². The van der Waals surface area contributed by atoms with E-state index in [0.29, 0.717) is 19.1 Å². The average molecular weight is 400 g/mol. The first-order valence-corrected chi connectivity index (χ1v) is 10.2. The SMILES string of the molecule is CCOc1ccc(C2(CNC(=NC)NCc3cccc(F)c3)CCOCC2)cc1. The Balaban J connectivity index is 1.66. The zero-order chi connectivity index (χ0) is 20.5. The van der Waals surface area contributed by atoms with Crippen molar-refractivity contribution >= 4 is 5.96 Å². The van der Waals surface area contributed by atoms with Gasteiger partial charge in [-0.2, -0.15) is 0 Å². The summed E-state index contributed by atoms with van der Waals surface area (Å²) in [7, 11) is 1.74. The number of benzene rings is 2. The van der Waals surface area contributed by atoms with E-state index in [2.05, 4.69) is 27.8 Å². The molecule has 1 aliphatic heterocycles. The largest absolute Gasteiger partial charge is 0.494 e. The Morgan fingerprint density at radius 2 is 1.90 bits per heavy atom. The Labute approximate surface area is 172 Å². The molecule has 1 heterocycles. The molecule has 29 heavy (non-hydrogen) atoms. The molecule has 3 rings (SSSR count). The normalized spacial score (nSPS) is 16.3. The quantitative estimate of drug-likeness (QED) is 0.551. The highest BCUT2D eigenvalue weighted by molar-refractivity contribution is 5.79. The monoisotopic (exact) mass is 399 g/mol. The summed E-state index contributed by atoms with van der Waals surface area (Å²) in [5.74, 6) is 1.36. The van der Waals surface area contributed by atoms with Crippen molar-refractivity contribution in [3.05, 3.63) is 65.5 Å². The maximum atomic E-state index is 13.4. The van der Waals surface area contributed by atoms with Crippen LogP contribution in [0.3, 0.4) is 0 Å². The standard InChI is InChI=1S/C23H30FN3O2/c1-3-29-21-9-7-19(8-10-21)23(11-13-28-14-12-23)17-27-22(25-2)26-16-18-5-4-6-20(24)15-18/h4-10,15H,3,11-14,16-17H2,1-2H3,(H2,25,26,27). The Bertz CT molecular complexity index is 802. The van der Waals surface area contributed by atoms with Crippen molar-refractivity contribution in [2.24, 2.45) is 4.99 Å². The van der Waals surface area contributed by atoms with Crippen molar-refractivity contribution in [2.75, 3.05) is 33.4 Å². The second-order valence-corrected chi connectivity index (χ2v) is 7.26. The molecule has 0 bridgehead atoms. The van der Waals surface area contributed by atoms with Gasteiger partial charge in [0.05, 0.1) is 6.61 Å². The van der Waals surface area contributed by atoms with Gasteiger partial charge in [0, 0.05) is 38.8 Å². The zero-order valence-electron chi connectivity index (χ0n) is 17.2. The van der Waals surface area contributed by atoms with Crippen LogP contribution in [-0.2, 0) is 16.7 Å². The first kappa shape index (κ1) is 21.1. The van der Waals surface area contributed by atoms with Crippen LogP contribution in [0.15, 0.2) is 53.5 Å². The molecule has 2 N–H and O–H groups in total. The number of guanidine groups is 1. The van der Waals surface area contributed by atoms with Crippen LogP contribution in [0.2, 0.25) is 0 Å². The summed E-state index contributed by atoms with van der Waals surface area (Å²) in [6.45, 7) is 5.38. The molecule has 1 aliphatic rings. The van der Waals surface area contributed by atoms with Crippen LogP contribution in [-0.4, -0.2) is 39.4 Å². The molecule has 0 unspecified atom stereocenters. The van der Waals surface area contributed by atoms with Gasteiger partial charge >= 0.3 is 0 Å². The minimum atomic E-state index is -0.232. The first-order chi connectivity index (χ1) is 14.1. The molecule has 0 atom stereocenters. The molecule has 0 radical (unpaired) electrons. The fourth-order valence-electron chi connectivity index (χ4n) is 3.71. The van der Waals surface area contributed by atoms with Crippen LogP contribution in [0.5, 0.6) is 5.75 Å². The molecular formula is C23H30FN3O2. The van der Waals surface area contributed by atoms with Crippen molar-refractivity contribution in [3.63, 3.8) is 0 Å². The average Bonchev–Trinajstić information content (AvgIpc) is 2.75. The molecular weight excluding hydrogens is 369 g/mol. The predicted octanol–water partition coefficient (Wildman–Crippen LogP) is 3.64.